The molecule has 8 heteroatoms. The van der Waals surface area contributed by atoms with E-state index in [9.17, 15) is 18.8 Å². The fourth-order valence-electron chi connectivity index (χ4n) is 2.77. The number of hydrogen-bond acceptors (Lipinski definition) is 5. The summed E-state index contributed by atoms with van der Waals surface area (Å²) >= 11 is 0. The van der Waals surface area contributed by atoms with Crippen LogP contribution in [0.1, 0.15) is 17.0 Å². The van der Waals surface area contributed by atoms with Crippen molar-refractivity contribution in [2.24, 2.45) is 0 Å². The maximum Gasteiger partial charge on any atom is 0.308 e. The third kappa shape index (κ3) is 3.58. The van der Waals surface area contributed by atoms with E-state index in [0.717, 1.165) is 0 Å². The number of ether oxygens (including phenoxy) is 1. The van der Waals surface area contributed by atoms with E-state index in [2.05, 4.69) is 10.1 Å². The minimum atomic E-state index is -0.955. The first-order chi connectivity index (χ1) is 12.5. The van der Waals surface area contributed by atoms with Crippen molar-refractivity contribution in [2.45, 2.75) is 12.5 Å². The molecule has 7 nitrogen and oxygen atoms in total. The Morgan fingerprint density at radius 2 is 2.00 bits per heavy atom. The van der Waals surface area contributed by atoms with E-state index >= 15 is 0 Å². The number of esters is 1. The molecule has 136 valence electrons. The van der Waals surface area contributed by atoms with Gasteiger partial charge in [-0.25, -0.2) is 4.39 Å². The van der Waals surface area contributed by atoms with Crippen LogP contribution < -0.4 is 5.32 Å². The summed E-state index contributed by atoms with van der Waals surface area (Å²) in [5, 5.41) is 2.63. The van der Waals surface area contributed by atoms with E-state index in [1.165, 1.54) is 42.3 Å². The lowest BCUT2D eigenvalue weighted by Gasteiger charge is -2.33. The summed E-state index contributed by atoms with van der Waals surface area (Å²) in [6, 6.07) is 7.79. The molecule has 2 amide bonds. The SMILES string of the molecule is COC(=O)C[C@@H]1C(=O)NCCN1C(=O)c1ccc(-c2ccc(F)cc2)o1. The van der Waals surface area contributed by atoms with Crippen molar-refractivity contribution in [2.75, 3.05) is 20.2 Å². The summed E-state index contributed by atoms with van der Waals surface area (Å²) in [6.45, 7) is 0.534. The molecule has 0 aliphatic carbocycles. The molecule has 0 bridgehead atoms. The van der Waals surface area contributed by atoms with Crippen LogP contribution in [0, 0.1) is 5.82 Å². The third-order valence-electron chi connectivity index (χ3n) is 4.12. The number of methoxy groups -OCH3 is 1. The molecular weight excluding hydrogens is 343 g/mol. The molecule has 0 unspecified atom stereocenters. The van der Waals surface area contributed by atoms with Gasteiger partial charge < -0.3 is 19.4 Å². The number of hydrogen-bond donors (Lipinski definition) is 1. The quantitative estimate of drug-likeness (QED) is 0.837. The molecular formula is C18H17FN2O5. The van der Waals surface area contributed by atoms with Crippen molar-refractivity contribution in [3.8, 4) is 11.3 Å². The highest BCUT2D eigenvalue weighted by Crippen LogP contribution is 2.24. The standard InChI is InChI=1S/C18H17FN2O5/c1-25-16(22)10-13-17(23)20-8-9-21(13)18(24)15-7-6-14(26-15)11-2-4-12(19)5-3-11/h2-7,13H,8-10H2,1H3,(H,20,23)/t13-/m1/s1. The highest BCUT2D eigenvalue weighted by molar-refractivity contribution is 5.98. The largest absolute Gasteiger partial charge is 0.469 e. The topological polar surface area (TPSA) is 88.9 Å². The number of furan rings is 1. The lowest BCUT2D eigenvalue weighted by molar-refractivity contribution is -0.145. The van der Waals surface area contributed by atoms with Gasteiger partial charge in [0.2, 0.25) is 5.91 Å². The van der Waals surface area contributed by atoms with Crippen molar-refractivity contribution in [1.82, 2.24) is 10.2 Å². The summed E-state index contributed by atoms with van der Waals surface area (Å²) in [7, 11) is 1.22. The van der Waals surface area contributed by atoms with Gasteiger partial charge in [0.05, 0.1) is 13.5 Å². The number of amides is 2. The number of nitrogens with zero attached hydrogens (tertiary/aromatic N) is 1. The van der Waals surface area contributed by atoms with E-state index in [1.54, 1.807) is 6.07 Å². The van der Waals surface area contributed by atoms with Crippen molar-refractivity contribution in [3.05, 3.63) is 48.0 Å². The van der Waals surface area contributed by atoms with Crippen molar-refractivity contribution >= 4 is 17.8 Å². The van der Waals surface area contributed by atoms with Crippen LogP contribution in [0.2, 0.25) is 0 Å². The molecule has 1 aliphatic heterocycles. The smallest absolute Gasteiger partial charge is 0.308 e. The number of halogens is 1. The van der Waals surface area contributed by atoms with Crippen molar-refractivity contribution in [3.63, 3.8) is 0 Å². The fourth-order valence-corrected chi connectivity index (χ4v) is 2.77. The zero-order valence-corrected chi connectivity index (χ0v) is 14.0. The third-order valence-corrected chi connectivity index (χ3v) is 4.12. The molecule has 1 N–H and O–H groups in total. The Hall–Kier alpha value is -3.16. The molecule has 1 aliphatic rings. The second-order valence-corrected chi connectivity index (χ2v) is 5.76. The monoisotopic (exact) mass is 360 g/mol. The first-order valence-corrected chi connectivity index (χ1v) is 8.01. The number of carbonyl (C=O) groups excluding carboxylic acids is 3. The van der Waals surface area contributed by atoms with Crippen LogP contribution in [0.4, 0.5) is 4.39 Å². The van der Waals surface area contributed by atoms with Gasteiger partial charge >= 0.3 is 5.97 Å². The summed E-state index contributed by atoms with van der Waals surface area (Å²) in [5.41, 5.74) is 0.618. The number of piperazine rings is 1. The van der Waals surface area contributed by atoms with Crippen LogP contribution in [0.5, 0.6) is 0 Å². The van der Waals surface area contributed by atoms with Gasteiger partial charge in [-0.1, -0.05) is 0 Å². The zero-order valence-electron chi connectivity index (χ0n) is 14.0. The second kappa shape index (κ2) is 7.38. The Kier molecular flexibility index (Phi) is 5.01. The van der Waals surface area contributed by atoms with Gasteiger partial charge in [-0.05, 0) is 36.4 Å². The minimum Gasteiger partial charge on any atom is -0.469 e. The molecule has 1 saturated heterocycles. The van der Waals surface area contributed by atoms with Crippen LogP contribution in [0.15, 0.2) is 40.8 Å². The molecule has 0 saturated carbocycles. The van der Waals surface area contributed by atoms with Crippen molar-refractivity contribution in [1.29, 1.82) is 0 Å². The normalized spacial score (nSPS) is 16.9. The fraction of sp³-hybridized carbons (Fsp3) is 0.278. The maximum atomic E-state index is 13.0. The average Bonchev–Trinajstić information content (AvgIpc) is 3.13. The Balaban J connectivity index is 1.82. The number of rotatable bonds is 4. The Bertz CT molecular complexity index is 830. The first kappa shape index (κ1) is 17.7. The predicted octanol–water partition coefficient (Wildman–Crippen LogP) is 1.59. The van der Waals surface area contributed by atoms with Gasteiger partial charge in [0.25, 0.3) is 5.91 Å². The number of benzene rings is 1. The van der Waals surface area contributed by atoms with Gasteiger partial charge in [-0.15, -0.1) is 0 Å². The summed E-state index contributed by atoms with van der Waals surface area (Å²) in [6.07, 6.45) is -0.237. The summed E-state index contributed by atoms with van der Waals surface area (Å²) in [5.74, 6) is -1.44. The molecule has 0 radical (unpaired) electrons. The molecule has 0 spiro atoms. The second-order valence-electron chi connectivity index (χ2n) is 5.76. The minimum absolute atomic E-state index is 0.0360. The molecule has 2 heterocycles. The Labute approximate surface area is 148 Å². The predicted molar refractivity (Wildman–Crippen MR) is 88.6 cm³/mol. The summed E-state index contributed by atoms with van der Waals surface area (Å²) < 4.78 is 23.2. The number of carbonyl (C=O) groups is 3. The molecule has 26 heavy (non-hydrogen) atoms. The van der Waals surface area contributed by atoms with Crippen LogP contribution in [0.25, 0.3) is 11.3 Å². The van der Waals surface area contributed by atoms with Gasteiger partial charge in [0, 0.05) is 18.7 Å². The molecule has 3 rings (SSSR count). The zero-order chi connectivity index (χ0) is 18.7. The Morgan fingerprint density at radius 1 is 1.27 bits per heavy atom. The number of nitrogens with one attached hydrogen (secondary N) is 1. The first-order valence-electron chi connectivity index (χ1n) is 8.01. The van der Waals surface area contributed by atoms with E-state index in [0.29, 0.717) is 11.3 Å². The maximum absolute atomic E-state index is 13.0. The Morgan fingerprint density at radius 3 is 2.69 bits per heavy atom. The van der Waals surface area contributed by atoms with Gasteiger partial charge in [0.15, 0.2) is 5.76 Å². The van der Waals surface area contributed by atoms with Gasteiger partial charge in [-0.2, -0.15) is 0 Å². The molecule has 1 aromatic heterocycles. The van der Waals surface area contributed by atoms with Crippen LogP contribution in [0.3, 0.4) is 0 Å². The van der Waals surface area contributed by atoms with E-state index < -0.39 is 23.8 Å². The van der Waals surface area contributed by atoms with E-state index in [-0.39, 0.29) is 31.1 Å². The lowest BCUT2D eigenvalue weighted by Crippen LogP contribution is -2.57. The molecule has 1 fully saturated rings. The van der Waals surface area contributed by atoms with Crippen molar-refractivity contribution < 1.29 is 27.9 Å². The molecule has 1 atom stereocenters. The average molecular weight is 360 g/mol. The van der Waals surface area contributed by atoms with E-state index in [4.69, 9.17) is 4.42 Å². The highest BCUT2D eigenvalue weighted by Gasteiger charge is 2.36. The molecule has 2 aromatic rings. The highest BCUT2D eigenvalue weighted by atomic mass is 19.1. The van der Waals surface area contributed by atoms with E-state index in [1.807, 2.05) is 0 Å². The lowest BCUT2D eigenvalue weighted by atomic mass is 10.1. The van der Waals surface area contributed by atoms with Crippen LogP contribution >= 0.6 is 0 Å². The molecule has 1 aromatic carbocycles. The van der Waals surface area contributed by atoms with Crippen LogP contribution in [-0.4, -0.2) is 48.9 Å². The van der Waals surface area contributed by atoms with Crippen LogP contribution in [-0.2, 0) is 14.3 Å². The summed E-state index contributed by atoms with van der Waals surface area (Å²) in [4.78, 5) is 37.7. The van der Waals surface area contributed by atoms with Gasteiger partial charge in [0.1, 0.15) is 17.6 Å². The van der Waals surface area contributed by atoms with Gasteiger partial charge in [-0.3, -0.25) is 14.4 Å².